The molecule has 48 valence electrons. The molecule has 1 saturated carbocycles. The summed E-state index contributed by atoms with van der Waals surface area (Å²) >= 11 is 0. The Bertz CT molecular complexity index is 59.5. The maximum atomic E-state index is 3.29. The van der Waals surface area contributed by atoms with Crippen LogP contribution in [0, 0.1) is 5.92 Å². The van der Waals surface area contributed by atoms with Crippen molar-refractivity contribution in [3.8, 4) is 0 Å². The minimum Gasteiger partial charge on any atom is -0.308 e. The van der Waals surface area contributed by atoms with E-state index >= 15 is 0 Å². The van der Waals surface area contributed by atoms with E-state index in [-0.39, 0.29) is 0 Å². The fourth-order valence-corrected chi connectivity index (χ4v) is 0.723. The highest BCUT2D eigenvalue weighted by Crippen LogP contribution is 2.27. The normalized spacial score (nSPS) is 19.1. The smallest absolute Gasteiger partial charge is 0.0451 e. The van der Waals surface area contributed by atoms with Gasteiger partial charge >= 0.3 is 0 Å². The summed E-state index contributed by atoms with van der Waals surface area (Å²) in [5.41, 5.74) is 0. The van der Waals surface area contributed by atoms with E-state index in [1.807, 2.05) is 7.05 Å². The average molecular weight is 114 g/mol. The van der Waals surface area contributed by atoms with Gasteiger partial charge in [-0.2, -0.15) is 0 Å². The van der Waals surface area contributed by atoms with E-state index in [0.717, 1.165) is 12.6 Å². The summed E-state index contributed by atoms with van der Waals surface area (Å²) in [6.07, 6.45) is 2.88. The second-order valence-corrected chi connectivity index (χ2v) is 2.43. The van der Waals surface area contributed by atoms with Crippen molar-refractivity contribution >= 4 is 0 Å². The number of hydrogen-bond acceptors (Lipinski definition) is 2. The van der Waals surface area contributed by atoms with Gasteiger partial charge in [-0.1, -0.05) is 0 Å². The molecular weight excluding hydrogens is 100 g/mol. The van der Waals surface area contributed by atoms with Gasteiger partial charge < -0.3 is 10.6 Å². The lowest BCUT2D eigenvalue weighted by Crippen LogP contribution is -2.27. The lowest BCUT2D eigenvalue weighted by molar-refractivity contribution is 0.598. The van der Waals surface area contributed by atoms with Crippen LogP contribution in [0.1, 0.15) is 12.8 Å². The summed E-state index contributed by atoms with van der Waals surface area (Å²) in [6, 6.07) is 0. The molecule has 0 aromatic carbocycles. The molecule has 1 fully saturated rings. The van der Waals surface area contributed by atoms with Crippen molar-refractivity contribution in [2.75, 3.05) is 20.3 Å². The summed E-state index contributed by atoms with van der Waals surface area (Å²) in [7, 11) is 1.96. The lowest BCUT2D eigenvalue weighted by Gasteiger charge is -1.99. The molecule has 0 saturated heterocycles. The summed E-state index contributed by atoms with van der Waals surface area (Å²) in [5, 5.41) is 6.33. The van der Waals surface area contributed by atoms with Gasteiger partial charge in [-0.15, -0.1) is 0 Å². The van der Waals surface area contributed by atoms with Crippen LogP contribution in [0.5, 0.6) is 0 Å². The van der Waals surface area contributed by atoms with Crippen LogP contribution in [0.3, 0.4) is 0 Å². The van der Waals surface area contributed by atoms with Crippen LogP contribution in [0.2, 0.25) is 0 Å². The van der Waals surface area contributed by atoms with E-state index in [0.29, 0.717) is 0 Å². The van der Waals surface area contributed by atoms with Crippen LogP contribution in [-0.2, 0) is 0 Å². The van der Waals surface area contributed by atoms with Crippen molar-refractivity contribution < 1.29 is 0 Å². The first-order chi connectivity index (χ1) is 3.93. The van der Waals surface area contributed by atoms with Crippen LogP contribution in [-0.4, -0.2) is 20.3 Å². The van der Waals surface area contributed by atoms with Crippen LogP contribution in [0.25, 0.3) is 0 Å². The van der Waals surface area contributed by atoms with Crippen LogP contribution in [0.4, 0.5) is 0 Å². The van der Waals surface area contributed by atoms with Gasteiger partial charge in [0.1, 0.15) is 0 Å². The van der Waals surface area contributed by atoms with Gasteiger partial charge in [0.25, 0.3) is 0 Å². The van der Waals surface area contributed by atoms with E-state index in [9.17, 15) is 0 Å². The molecule has 0 aromatic rings. The van der Waals surface area contributed by atoms with E-state index in [4.69, 9.17) is 0 Å². The first-order valence-corrected chi connectivity index (χ1v) is 3.29. The first-order valence-electron chi connectivity index (χ1n) is 3.29. The van der Waals surface area contributed by atoms with Gasteiger partial charge in [-0.25, -0.2) is 0 Å². The van der Waals surface area contributed by atoms with Crippen molar-refractivity contribution in [3.63, 3.8) is 0 Å². The molecule has 8 heavy (non-hydrogen) atoms. The van der Waals surface area contributed by atoms with Crippen LogP contribution < -0.4 is 10.6 Å². The number of nitrogens with one attached hydrogen (secondary N) is 2. The molecule has 0 aromatic heterocycles. The Labute approximate surface area is 50.7 Å². The van der Waals surface area contributed by atoms with Gasteiger partial charge in [0.05, 0.1) is 0 Å². The maximum absolute atomic E-state index is 3.29. The zero-order chi connectivity index (χ0) is 5.82. The Kier molecular flexibility index (Phi) is 2.30. The Balaban J connectivity index is 1.74. The van der Waals surface area contributed by atoms with Crippen molar-refractivity contribution in [3.05, 3.63) is 0 Å². The SMILES string of the molecule is CNCNCC1CC1. The molecule has 0 bridgehead atoms. The molecular formula is C6H14N2. The van der Waals surface area contributed by atoms with E-state index in [1.165, 1.54) is 19.4 Å². The molecule has 1 aliphatic carbocycles. The second-order valence-electron chi connectivity index (χ2n) is 2.43. The monoisotopic (exact) mass is 114 g/mol. The third-order valence-electron chi connectivity index (χ3n) is 1.43. The Morgan fingerprint density at radius 1 is 1.50 bits per heavy atom. The Morgan fingerprint density at radius 2 is 2.25 bits per heavy atom. The molecule has 0 radical (unpaired) electrons. The third kappa shape index (κ3) is 2.28. The quantitative estimate of drug-likeness (QED) is 0.402. The van der Waals surface area contributed by atoms with Gasteiger partial charge in [-0.05, 0) is 32.4 Å². The van der Waals surface area contributed by atoms with Crippen LogP contribution >= 0.6 is 0 Å². The van der Waals surface area contributed by atoms with Gasteiger partial charge in [0, 0.05) is 6.67 Å². The number of rotatable bonds is 4. The molecule has 2 nitrogen and oxygen atoms in total. The molecule has 0 amide bonds. The Hall–Kier alpha value is -0.0800. The highest BCUT2D eigenvalue weighted by atomic mass is 15.0. The van der Waals surface area contributed by atoms with Gasteiger partial charge in [-0.3, -0.25) is 0 Å². The molecule has 0 aliphatic heterocycles. The topological polar surface area (TPSA) is 24.1 Å². The molecule has 1 rings (SSSR count). The summed E-state index contributed by atoms with van der Waals surface area (Å²) in [4.78, 5) is 0. The first kappa shape index (κ1) is 6.05. The molecule has 2 heteroatoms. The van der Waals surface area contributed by atoms with Crippen molar-refractivity contribution in [2.24, 2.45) is 5.92 Å². The molecule has 0 heterocycles. The standard InChI is InChI=1S/C6H14N2/c1-7-5-8-4-6-2-3-6/h6-8H,2-5H2,1H3. The largest absolute Gasteiger partial charge is 0.308 e. The summed E-state index contributed by atoms with van der Waals surface area (Å²) in [6.45, 7) is 2.16. The van der Waals surface area contributed by atoms with Gasteiger partial charge in [0.2, 0.25) is 0 Å². The van der Waals surface area contributed by atoms with E-state index in [1.54, 1.807) is 0 Å². The van der Waals surface area contributed by atoms with Gasteiger partial charge in [0.15, 0.2) is 0 Å². The molecule has 1 aliphatic rings. The molecule has 0 atom stereocenters. The average Bonchev–Trinajstić information content (AvgIpc) is 2.51. The minimum atomic E-state index is 0.955. The molecule has 0 spiro atoms. The summed E-state index contributed by atoms with van der Waals surface area (Å²) < 4.78 is 0. The van der Waals surface area contributed by atoms with Crippen molar-refractivity contribution in [1.82, 2.24) is 10.6 Å². The number of hydrogen-bond donors (Lipinski definition) is 2. The van der Waals surface area contributed by atoms with E-state index in [2.05, 4.69) is 10.6 Å². The zero-order valence-corrected chi connectivity index (χ0v) is 5.41. The molecule has 0 unspecified atom stereocenters. The Morgan fingerprint density at radius 3 is 2.75 bits per heavy atom. The lowest BCUT2D eigenvalue weighted by atomic mass is 10.4. The predicted molar refractivity (Wildman–Crippen MR) is 34.7 cm³/mol. The van der Waals surface area contributed by atoms with E-state index < -0.39 is 0 Å². The minimum absolute atomic E-state index is 0.955. The second kappa shape index (κ2) is 3.05. The fourth-order valence-electron chi connectivity index (χ4n) is 0.723. The highest BCUT2D eigenvalue weighted by Gasteiger charge is 2.19. The van der Waals surface area contributed by atoms with Crippen LogP contribution in [0.15, 0.2) is 0 Å². The zero-order valence-electron chi connectivity index (χ0n) is 5.41. The highest BCUT2D eigenvalue weighted by molar-refractivity contribution is 4.74. The van der Waals surface area contributed by atoms with Crippen molar-refractivity contribution in [1.29, 1.82) is 0 Å². The predicted octanol–water partition coefficient (Wildman–Crippen LogP) is 0.163. The third-order valence-corrected chi connectivity index (χ3v) is 1.43. The molecule has 2 N–H and O–H groups in total. The summed E-state index contributed by atoms with van der Waals surface area (Å²) in [5.74, 6) is 1.00. The maximum Gasteiger partial charge on any atom is 0.0451 e. The van der Waals surface area contributed by atoms with Crippen molar-refractivity contribution in [2.45, 2.75) is 12.8 Å². The fraction of sp³-hybridized carbons (Fsp3) is 1.00.